The summed E-state index contributed by atoms with van der Waals surface area (Å²) in [5, 5.41) is 4.33. The zero-order valence-electron chi connectivity index (χ0n) is 14.2. The van der Waals surface area contributed by atoms with Gasteiger partial charge < -0.3 is 15.0 Å². The molecule has 0 bridgehead atoms. The predicted octanol–water partition coefficient (Wildman–Crippen LogP) is 3.89. The monoisotopic (exact) mass is 332 g/mol. The molecule has 23 heavy (non-hydrogen) atoms. The van der Waals surface area contributed by atoms with Gasteiger partial charge in [-0.1, -0.05) is 20.8 Å². The smallest absolute Gasteiger partial charge is 0.263 e. The number of carbonyl (C=O) groups is 1. The Bertz CT molecular complexity index is 723. The molecule has 0 saturated carbocycles. The molecule has 0 fully saturated rings. The van der Waals surface area contributed by atoms with Gasteiger partial charge in [-0.05, 0) is 30.5 Å². The maximum absolute atomic E-state index is 12.7. The third-order valence-corrected chi connectivity index (χ3v) is 5.58. The van der Waals surface area contributed by atoms with Crippen molar-refractivity contribution in [3.8, 4) is 5.75 Å². The number of hydrogen-bond acceptors (Lipinski definition) is 4. The Labute approximate surface area is 141 Å². The highest BCUT2D eigenvalue weighted by Gasteiger charge is 2.31. The van der Waals surface area contributed by atoms with Crippen LogP contribution in [0.5, 0.6) is 5.75 Å². The molecule has 2 heterocycles. The SMILES string of the molecule is CCCN1CC(C(C)C)NC(=O)c2sc3ccc(OC)cc3c21. The molecule has 2 aromatic rings. The van der Waals surface area contributed by atoms with E-state index in [-0.39, 0.29) is 11.9 Å². The molecule has 124 valence electrons. The van der Waals surface area contributed by atoms with Gasteiger partial charge in [0.2, 0.25) is 0 Å². The topological polar surface area (TPSA) is 41.6 Å². The summed E-state index contributed by atoms with van der Waals surface area (Å²) in [7, 11) is 1.68. The molecule has 0 spiro atoms. The summed E-state index contributed by atoms with van der Waals surface area (Å²) >= 11 is 1.57. The summed E-state index contributed by atoms with van der Waals surface area (Å²) in [6.45, 7) is 8.31. The zero-order chi connectivity index (χ0) is 16.6. The number of nitrogens with one attached hydrogen (secondary N) is 1. The lowest BCUT2D eigenvalue weighted by Crippen LogP contribution is -2.44. The second kappa shape index (κ2) is 6.40. The number of rotatable bonds is 4. The first kappa shape index (κ1) is 16.1. The van der Waals surface area contributed by atoms with E-state index in [4.69, 9.17) is 4.74 Å². The molecule has 5 heteroatoms. The van der Waals surface area contributed by atoms with Gasteiger partial charge in [0.05, 0.1) is 12.8 Å². The number of carbonyl (C=O) groups excluding carboxylic acids is 1. The molecule has 4 nitrogen and oxygen atoms in total. The molecule has 1 atom stereocenters. The standard InChI is InChI=1S/C18H24N2O2S/c1-5-8-20-10-14(11(2)3)19-18(21)17-16(20)13-9-12(22-4)6-7-15(13)23-17/h6-7,9,11,14H,5,8,10H2,1-4H3,(H,19,21). The van der Waals surface area contributed by atoms with E-state index in [2.05, 4.69) is 37.1 Å². The zero-order valence-corrected chi connectivity index (χ0v) is 15.0. The lowest BCUT2D eigenvalue weighted by Gasteiger charge is -2.28. The first-order valence-corrected chi connectivity index (χ1v) is 9.03. The van der Waals surface area contributed by atoms with Crippen molar-refractivity contribution in [2.45, 2.75) is 33.2 Å². The van der Waals surface area contributed by atoms with Crippen molar-refractivity contribution in [1.82, 2.24) is 5.32 Å². The molecule has 0 aliphatic carbocycles. The summed E-state index contributed by atoms with van der Waals surface area (Å²) in [6, 6.07) is 6.23. The van der Waals surface area contributed by atoms with Gasteiger partial charge in [0, 0.05) is 29.2 Å². The first-order valence-electron chi connectivity index (χ1n) is 8.21. The van der Waals surface area contributed by atoms with Crippen molar-refractivity contribution < 1.29 is 9.53 Å². The largest absolute Gasteiger partial charge is 0.497 e. The Kier molecular flexibility index (Phi) is 4.48. The lowest BCUT2D eigenvalue weighted by atomic mass is 10.0. The van der Waals surface area contributed by atoms with Gasteiger partial charge in [0.15, 0.2) is 0 Å². The van der Waals surface area contributed by atoms with Gasteiger partial charge in [-0.3, -0.25) is 4.79 Å². The minimum absolute atomic E-state index is 0.0532. The average Bonchev–Trinajstić information content (AvgIpc) is 2.85. The molecule has 1 amide bonds. The maximum atomic E-state index is 12.7. The highest BCUT2D eigenvalue weighted by molar-refractivity contribution is 7.21. The van der Waals surface area contributed by atoms with Crippen LogP contribution in [0.4, 0.5) is 5.69 Å². The van der Waals surface area contributed by atoms with E-state index in [1.54, 1.807) is 18.4 Å². The summed E-state index contributed by atoms with van der Waals surface area (Å²) < 4.78 is 6.52. The normalized spacial score (nSPS) is 18.0. The van der Waals surface area contributed by atoms with Crippen LogP contribution in [0.1, 0.15) is 36.9 Å². The number of amides is 1. The highest BCUT2D eigenvalue weighted by Crippen LogP contribution is 2.41. The predicted molar refractivity (Wildman–Crippen MR) is 97.0 cm³/mol. The third kappa shape index (κ3) is 2.90. The Morgan fingerprint density at radius 2 is 2.22 bits per heavy atom. The number of methoxy groups -OCH3 is 1. The van der Waals surface area contributed by atoms with E-state index in [0.717, 1.165) is 45.9 Å². The van der Waals surface area contributed by atoms with Crippen LogP contribution < -0.4 is 15.0 Å². The molecular formula is C18H24N2O2S. The minimum atomic E-state index is 0.0532. The molecule has 1 aromatic carbocycles. The number of ether oxygens (including phenoxy) is 1. The Morgan fingerprint density at radius 3 is 2.87 bits per heavy atom. The van der Waals surface area contributed by atoms with Gasteiger partial charge >= 0.3 is 0 Å². The van der Waals surface area contributed by atoms with Crippen LogP contribution >= 0.6 is 11.3 Å². The van der Waals surface area contributed by atoms with Crippen molar-refractivity contribution >= 4 is 33.0 Å². The maximum Gasteiger partial charge on any atom is 0.263 e. The van der Waals surface area contributed by atoms with Gasteiger partial charge in [0.25, 0.3) is 5.91 Å². The average molecular weight is 332 g/mol. The number of fused-ring (bicyclic) bond motifs is 3. The van der Waals surface area contributed by atoms with E-state index in [1.807, 2.05) is 12.1 Å². The van der Waals surface area contributed by atoms with Crippen LogP contribution in [0.25, 0.3) is 10.1 Å². The van der Waals surface area contributed by atoms with Crippen LogP contribution in [-0.2, 0) is 0 Å². The fourth-order valence-electron chi connectivity index (χ4n) is 3.12. The molecular weight excluding hydrogens is 308 g/mol. The number of thiophene rings is 1. The third-order valence-electron chi connectivity index (χ3n) is 4.42. The van der Waals surface area contributed by atoms with E-state index in [1.165, 1.54) is 0 Å². The van der Waals surface area contributed by atoms with E-state index in [0.29, 0.717) is 5.92 Å². The van der Waals surface area contributed by atoms with Crippen molar-refractivity contribution in [1.29, 1.82) is 0 Å². The molecule has 1 aliphatic rings. The number of nitrogens with zero attached hydrogens (tertiary/aromatic N) is 1. The molecule has 1 aromatic heterocycles. The van der Waals surface area contributed by atoms with Gasteiger partial charge in [-0.15, -0.1) is 11.3 Å². The first-order chi connectivity index (χ1) is 11.0. The van der Waals surface area contributed by atoms with Crippen molar-refractivity contribution in [2.75, 3.05) is 25.1 Å². The van der Waals surface area contributed by atoms with Crippen LogP contribution in [-0.4, -0.2) is 32.1 Å². The fraction of sp³-hybridized carbons (Fsp3) is 0.500. The van der Waals surface area contributed by atoms with Gasteiger partial charge in [-0.25, -0.2) is 0 Å². The molecule has 0 saturated heterocycles. The molecule has 0 radical (unpaired) electrons. The molecule has 1 unspecified atom stereocenters. The summed E-state index contributed by atoms with van der Waals surface area (Å²) in [5.41, 5.74) is 1.08. The fourth-order valence-corrected chi connectivity index (χ4v) is 4.23. The van der Waals surface area contributed by atoms with Gasteiger partial charge in [-0.2, -0.15) is 0 Å². The van der Waals surface area contributed by atoms with Crippen LogP contribution in [0, 0.1) is 5.92 Å². The molecule has 1 N–H and O–H groups in total. The summed E-state index contributed by atoms with van der Waals surface area (Å²) in [4.78, 5) is 15.9. The Balaban J connectivity index is 2.16. The Morgan fingerprint density at radius 1 is 1.43 bits per heavy atom. The lowest BCUT2D eigenvalue weighted by molar-refractivity contribution is 0.0936. The van der Waals surface area contributed by atoms with Crippen LogP contribution in [0.2, 0.25) is 0 Å². The minimum Gasteiger partial charge on any atom is -0.497 e. The highest BCUT2D eigenvalue weighted by atomic mass is 32.1. The number of benzene rings is 1. The summed E-state index contributed by atoms with van der Waals surface area (Å²) in [5.74, 6) is 1.30. The number of anilines is 1. The number of hydrogen-bond donors (Lipinski definition) is 1. The molecule has 1 aliphatic heterocycles. The Hall–Kier alpha value is -1.75. The van der Waals surface area contributed by atoms with Crippen LogP contribution in [0.15, 0.2) is 18.2 Å². The van der Waals surface area contributed by atoms with E-state index in [9.17, 15) is 4.79 Å². The van der Waals surface area contributed by atoms with Gasteiger partial charge in [0.1, 0.15) is 10.6 Å². The second-order valence-electron chi connectivity index (χ2n) is 6.41. The quantitative estimate of drug-likeness (QED) is 0.923. The van der Waals surface area contributed by atoms with Crippen LogP contribution in [0.3, 0.4) is 0 Å². The van der Waals surface area contributed by atoms with E-state index < -0.39 is 0 Å². The van der Waals surface area contributed by atoms with E-state index >= 15 is 0 Å². The van der Waals surface area contributed by atoms with Crippen molar-refractivity contribution in [2.24, 2.45) is 5.92 Å². The second-order valence-corrected chi connectivity index (χ2v) is 7.46. The summed E-state index contributed by atoms with van der Waals surface area (Å²) in [6.07, 6.45) is 1.06. The van der Waals surface area contributed by atoms with Crippen molar-refractivity contribution in [3.05, 3.63) is 23.1 Å². The molecule has 3 rings (SSSR count). The van der Waals surface area contributed by atoms with Crippen molar-refractivity contribution in [3.63, 3.8) is 0 Å².